The van der Waals surface area contributed by atoms with E-state index in [2.05, 4.69) is 20.4 Å². The SMILES string of the molecule is CC(=O)c1cnn(-c2cc(Nc3c(F)cccc3F)ncn2)c1C. The van der Waals surface area contributed by atoms with Gasteiger partial charge < -0.3 is 5.32 Å². The number of benzene rings is 1. The summed E-state index contributed by atoms with van der Waals surface area (Å²) in [6, 6.07) is 5.04. The quantitative estimate of drug-likeness (QED) is 0.744. The van der Waals surface area contributed by atoms with Crippen LogP contribution >= 0.6 is 0 Å². The summed E-state index contributed by atoms with van der Waals surface area (Å²) in [6.45, 7) is 3.18. The Morgan fingerprint density at radius 1 is 1.21 bits per heavy atom. The summed E-state index contributed by atoms with van der Waals surface area (Å²) in [5, 5.41) is 6.71. The molecule has 1 N–H and O–H groups in total. The number of nitrogens with zero attached hydrogens (tertiary/aromatic N) is 4. The first-order valence-electron chi connectivity index (χ1n) is 7.06. The number of ketones is 1. The zero-order valence-electron chi connectivity index (χ0n) is 12.9. The van der Waals surface area contributed by atoms with Crippen molar-refractivity contribution in [2.24, 2.45) is 0 Å². The van der Waals surface area contributed by atoms with Crippen molar-refractivity contribution in [2.45, 2.75) is 13.8 Å². The van der Waals surface area contributed by atoms with Crippen LogP contribution in [0.4, 0.5) is 20.3 Å². The molecule has 0 saturated carbocycles. The predicted octanol–water partition coefficient (Wildman–Crippen LogP) is 3.20. The smallest absolute Gasteiger partial charge is 0.163 e. The maximum atomic E-state index is 13.7. The molecular weight excluding hydrogens is 316 g/mol. The molecule has 0 aliphatic heterocycles. The molecule has 0 aliphatic carbocycles. The van der Waals surface area contributed by atoms with Gasteiger partial charge in [0.05, 0.1) is 17.5 Å². The van der Waals surface area contributed by atoms with Crippen LogP contribution in [0, 0.1) is 18.6 Å². The lowest BCUT2D eigenvalue weighted by molar-refractivity contribution is 0.101. The van der Waals surface area contributed by atoms with Gasteiger partial charge in [0.2, 0.25) is 0 Å². The Balaban J connectivity index is 1.97. The van der Waals surface area contributed by atoms with Crippen molar-refractivity contribution in [1.29, 1.82) is 0 Å². The molecule has 0 unspecified atom stereocenters. The van der Waals surface area contributed by atoms with Crippen molar-refractivity contribution in [3.8, 4) is 5.82 Å². The molecule has 2 aromatic heterocycles. The number of rotatable bonds is 4. The van der Waals surface area contributed by atoms with Gasteiger partial charge in [0.1, 0.15) is 29.5 Å². The third-order valence-corrected chi connectivity index (χ3v) is 3.47. The fraction of sp³-hybridized carbons (Fsp3) is 0.125. The molecule has 6 nitrogen and oxygen atoms in total. The van der Waals surface area contributed by atoms with E-state index in [4.69, 9.17) is 0 Å². The van der Waals surface area contributed by atoms with Crippen LogP contribution in [0.1, 0.15) is 23.0 Å². The first-order valence-corrected chi connectivity index (χ1v) is 7.06. The largest absolute Gasteiger partial charge is 0.335 e. The molecule has 8 heteroatoms. The number of aromatic nitrogens is 4. The van der Waals surface area contributed by atoms with E-state index in [1.165, 1.54) is 36.3 Å². The summed E-state index contributed by atoms with van der Waals surface area (Å²) >= 11 is 0. The third-order valence-electron chi connectivity index (χ3n) is 3.47. The van der Waals surface area contributed by atoms with Crippen molar-refractivity contribution in [1.82, 2.24) is 19.7 Å². The molecule has 2 heterocycles. The Bertz CT molecular complexity index is 902. The van der Waals surface area contributed by atoms with Gasteiger partial charge in [-0.3, -0.25) is 4.79 Å². The maximum absolute atomic E-state index is 13.7. The Kier molecular flexibility index (Phi) is 4.03. The molecule has 0 aliphatic rings. The molecule has 122 valence electrons. The van der Waals surface area contributed by atoms with Crippen LogP contribution in [0.5, 0.6) is 0 Å². The topological polar surface area (TPSA) is 72.7 Å². The van der Waals surface area contributed by atoms with E-state index < -0.39 is 11.6 Å². The molecule has 0 radical (unpaired) electrons. The van der Waals surface area contributed by atoms with Gasteiger partial charge in [-0.05, 0) is 26.0 Å². The first-order chi connectivity index (χ1) is 11.5. The van der Waals surface area contributed by atoms with Crippen molar-refractivity contribution in [3.63, 3.8) is 0 Å². The second-order valence-corrected chi connectivity index (χ2v) is 5.09. The van der Waals surface area contributed by atoms with E-state index in [0.29, 0.717) is 17.1 Å². The monoisotopic (exact) mass is 329 g/mol. The highest BCUT2D eigenvalue weighted by molar-refractivity contribution is 5.95. The summed E-state index contributed by atoms with van der Waals surface area (Å²) in [6.07, 6.45) is 2.69. The number of nitrogens with one attached hydrogen (secondary N) is 1. The van der Waals surface area contributed by atoms with Crippen LogP contribution in [-0.4, -0.2) is 25.5 Å². The van der Waals surface area contributed by atoms with E-state index in [1.807, 2.05) is 0 Å². The lowest BCUT2D eigenvalue weighted by atomic mass is 10.2. The van der Waals surface area contributed by atoms with Gasteiger partial charge in [-0.2, -0.15) is 5.10 Å². The predicted molar refractivity (Wildman–Crippen MR) is 83.5 cm³/mol. The number of carbonyl (C=O) groups excluding carboxylic acids is 1. The highest BCUT2D eigenvalue weighted by Crippen LogP contribution is 2.23. The Morgan fingerprint density at radius 3 is 2.54 bits per heavy atom. The van der Waals surface area contributed by atoms with Crippen LogP contribution < -0.4 is 5.32 Å². The van der Waals surface area contributed by atoms with Gasteiger partial charge in [-0.15, -0.1) is 0 Å². The minimum absolute atomic E-state index is 0.111. The summed E-state index contributed by atoms with van der Waals surface area (Å²) in [7, 11) is 0. The van der Waals surface area contributed by atoms with Crippen molar-refractivity contribution < 1.29 is 13.6 Å². The zero-order valence-corrected chi connectivity index (χ0v) is 12.9. The molecule has 0 spiro atoms. The summed E-state index contributed by atoms with van der Waals surface area (Å²) in [5.41, 5.74) is 0.788. The number of hydrogen-bond donors (Lipinski definition) is 1. The van der Waals surface area contributed by atoms with Crippen LogP contribution in [0.15, 0.2) is 36.8 Å². The third kappa shape index (κ3) is 2.85. The number of para-hydroxylation sites is 1. The Morgan fingerprint density at radius 2 is 1.92 bits per heavy atom. The molecule has 0 bridgehead atoms. The molecule has 3 aromatic rings. The number of Topliss-reactive ketones (excluding diaryl/α,β-unsaturated/α-hetero) is 1. The molecule has 0 amide bonds. The van der Waals surface area contributed by atoms with Crippen molar-refractivity contribution in [3.05, 3.63) is 59.7 Å². The van der Waals surface area contributed by atoms with Gasteiger partial charge in [0.25, 0.3) is 0 Å². The van der Waals surface area contributed by atoms with Crippen molar-refractivity contribution >= 4 is 17.3 Å². The summed E-state index contributed by atoms with van der Waals surface area (Å²) in [5.74, 6) is -1.01. The highest BCUT2D eigenvalue weighted by Gasteiger charge is 2.14. The minimum atomic E-state index is -0.732. The fourth-order valence-corrected chi connectivity index (χ4v) is 2.26. The fourth-order valence-electron chi connectivity index (χ4n) is 2.26. The zero-order chi connectivity index (χ0) is 17.3. The molecule has 0 atom stereocenters. The summed E-state index contributed by atoms with van der Waals surface area (Å²) in [4.78, 5) is 19.5. The standard InChI is InChI=1S/C16H13F2N5O/c1-9-11(10(2)24)7-21-23(9)15-6-14(19-8-20-15)22-16-12(17)4-3-5-13(16)18/h3-8H,1-2H3,(H,19,20,22). The van der Waals surface area contributed by atoms with E-state index in [1.54, 1.807) is 6.92 Å². The first kappa shape index (κ1) is 15.7. The summed E-state index contributed by atoms with van der Waals surface area (Å²) < 4.78 is 28.9. The molecular formula is C16H13F2N5O. The highest BCUT2D eigenvalue weighted by atomic mass is 19.1. The van der Waals surface area contributed by atoms with Gasteiger partial charge in [-0.1, -0.05) is 6.07 Å². The molecule has 0 saturated heterocycles. The average molecular weight is 329 g/mol. The van der Waals surface area contributed by atoms with Crippen molar-refractivity contribution in [2.75, 3.05) is 5.32 Å². The molecule has 1 aromatic carbocycles. The lowest BCUT2D eigenvalue weighted by Crippen LogP contribution is -2.06. The number of carbonyl (C=O) groups is 1. The van der Waals surface area contributed by atoms with Gasteiger partial charge in [0.15, 0.2) is 11.6 Å². The molecule has 3 rings (SSSR count). The number of hydrogen-bond acceptors (Lipinski definition) is 5. The van der Waals surface area contributed by atoms with Crippen LogP contribution in [-0.2, 0) is 0 Å². The Labute approximate surface area is 136 Å². The van der Waals surface area contributed by atoms with E-state index in [-0.39, 0.29) is 17.3 Å². The van der Waals surface area contributed by atoms with E-state index >= 15 is 0 Å². The number of halogens is 2. The minimum Gasteiger partial charge on any atom is -0.335 e. The Hall–Kier alpha value is -3.16. The molecule has 24 heavy (non-hydrogen) atoms. The van der Waals surface area contributed by atoms with E-state index in [9.17, 15) is 13.6 Å². The lowest BCUT2D eigenvalue weighted by Gasteiger charge is -2.09. The normalized spacial score (nSPS) is 10.7. The van der Waals surface area contributed by atoms with Gasteiger partial charge in [0, 0.05) is 6.07 Å². The second kappa shape index (κ2) is 6.15. The van der Waals surface area contributed by atoms with E-state index in [0.717, 1.165) is 12.1 Å². The second-order valence-electron chi connectivity index (χ2n) is 5.09. The van der Waals surface area contributed by atoms with Crippen LogP contribution in [0.25, 0.3) is 5.82 Å². The van der Waals surface area contributed by atoms with Gasteiger partial charge in [-0.25, -0.2) is 23.4 Å². The molecule has 0 fully saturated rings. The number of anilines is 2. The van der Waals surface area contributed by atoms with Crippen LogP contribution in [0.2, 0.25) is 0 Å². The van der Waals surface area contributed by atoms with Crippen LogP contribution in [0.3, 0.4) is 0 Å². The maximum Gasteiger partial charge on any atom is 0.163 e. The average Bonchev–Trinajstić information content (AvgIpc) is 2.93. The van der Waals surface area contributed by atoms with Gasteiger partial charge >= 0.3 is 0 Å².